The zero-order chi connectivity index (χ0) is 18.7. The Kier molecular flexibility index (Phi) is 5.47. The summed E-state index contributed by atoms with van der Waals surface area (Å²) in [6, 6.07) is 18.4. The summed E-state index contributed by atoms with van der Waals surface area (Å²) in [5.41, 5.74) is 5.92. The normalized spacial score (nSPS) is 20.8. The lowest BCUT2D eigenvalue weighted by molar-refractivity contribution is 0.352. The Bertz CT molecular complexity index is 782. The van der Waals surface area contributed by atoms with E-state index in [2.05, 4.69) is 85.0 Å². The van der Waals surface area contributed by atoms with Crippen LogP contribution in [-0.2, 0) is 13.1 Å². The highest BCUT2D eigenvalue weighted by Gasteiger charge is 2.36. The lowest BCUT2D eigenvalue weighted by Gasteiger charge is -2.23. The molecule has 0 amide bonds. The van der Waals surface area contributed by atoms with Gasteiger partial charge in [0.2, 0.25) is 0 Å². The standard InChI is InChI=1S/C25H32N2/c1-27(2)19-20-9-11-21(12-10-20)24-8-4-3-7-22(24)18-26-23-13-16-25(17-23)14-5-6-15-25/h3-4,7-13,16,23,26H,5-6,14-15,17-19H2,1-2H3. The summed E-state index contributed by atoms with van der Waals surface area (Å²) in [5, 5.41) is 3.80. The number of hydrogen-bond acceptors (Lipinski definition) is 2. The molecule has 1 atom stereocenters. The quantitative estimate of drug-likeness (QED) is 0.695. The summed E-state index contributed by atoms with van der Waals surface area (Å²) in [6.45, 7) is 1.92. The van der Waals surface area contributed by atoms with Crippen LogP contribution in [0.5, 0.6) is 0 Å². The zero-order valence-corrected chi connectivity index (χ0v) is 16.7. The van der Waals surface area contributed by atoms with Gasteiger partial charge in [0.15, 0.2) is 0 Å². The van der Waals surface area contributed by atoms with Crippen molar-refractivity contribution < 1.29 is 0 Å². The van der Waals surface area contributed by atoms with Gasteiger partial charge in [0, 0.05) is 19.1 Å². The summed E-state index contributed by atoms with van der Waals surface area (Å²) in [4.78, 5) is 2.21. The molecule has 1 N–H and O–H groups in total. The minimum Gasteiger partial charge on any atom is -0.306 e. The lowest BCUT2D eigenvalue weighted by atomic mass is 9.85. The van der Waals surface area contributed by atoms with Gasteiger partial charge in [-0.2, -0.15) is 0 Å². The summed E-state index contributed by atoms with van der Waals surface area (Å²) < 4.78 is 0. The van der Waals surface area contributed by atoms with E-state index in [9.17, 15) is 0 Å². The summed E-state index contributed by atoms with van der Waals surface area (Å²) >= 11 is 0. The lowest BCUT2D eigenvalue weighted by Crippen LogP contribution is -2.28. The molecule has 2 nitrogen and oxygen atoms in total. The summed E-state index contributed by atoms with van der Waals surface area (Å²) in [7, 11) is 4.23. The molecule has 0 radical (unpaired) electrons. The van der Waals surface area contributed by atoms with E-state index in [4.69, 9.17) is 0 Å². The molecular formula is C25H32N2. The molecular weight excluding hydrogens is 328 g/mol. The van der Waals surface area contributed by atoms with Gasteiger partial charge in [0.25, 0.3) is 0 Å². The van der Waals surface area contributed by atoms with Crippen molar-refractivity contribution >= 4 is 0 Å². The highest BCUT2D eigenvalue weighted by Crippen LogP contribution is 2.46. The second kappa shape index (κ2) is 8.00. The average Bonchev–Trinajstić information content (AvgIpc) is 3.30. The predicted octanol–water partition coefficient (Wildman–Crippen LogP) is 5.39. The molecule has 1 saturated carbocycles. The minimum absolute atomic E-state index is 0.513. The molecule has 142 valence electrons. The minimum atomic E-state index is 0.513. The first-order valence-electron chi connectivity index (χ1n) is 10.4. The van der Waals surface area contributed by atoms with E-state index in [-0.39, 0.29) is 0 Å². The van der Waals surface area contributed by atoms with Crippen molar-refractivity contribution in [2.75, 3.05) is 14.1 Å². The van der Waals surface area contributed by atoms with Crippen molar-refractivity contribution in [3.05, 3.63) is 71.8 Å². The number of nitrogens with zero attached hydrogens (tertiary/aromatic N) is 1. The van der Waals surface area contributed by atoms with Crippen molar-refractivity contribution in [2.24, 2.45) is 5.41 Å². The van der Waals surface area contributed by atoms with Crippen LogP contribution in [0.1, 0.15) is 43.2 Å². The molecule has 0 saturated heterocycles. The Balaban J connectivity index is 1.43. The van der Waals surface area contributed by atoms with Gasteiger partial charge in [-0.15, -0.1) is 0 Å². The van der Waals surface area contributed by atoms with Crippen LogP contribution in [0.4, 0.5) is 0 Å². The van der Waals surface area contributed by atoms with E-state index in [1.807, 2.05) is 0 Å². The molecule has 2 heteroatoms. The largest absolute Gasteiger partial charge is 0.306 e. The molecule has 0 aromatic heterocycles. The molecule has 0 aliphatic heterocycles. The highest BCUT2D eigenvalue weighted by atomic mass is 15.0. The van der Waals surface area contributed by atoms with Crippen LogP contribution in [0.25, 0.3) is 11.1 Å². The average molecular weight is 361 g/mol. The van der Waals surface area contributed by atoms with Crippen LogP contribution in [0, 0.1) is 5.41 Å². The van der Waals surface area contributed by atoms with Gasteiger partial charge >= 0.3 is 0 Å². The molecule has 27 heavy (non-hydrogen) atoms. The van der Waals surface area contributed by atoms with E-state index in [1.54, 1.807) is 0 Å². The Morgan fingerprint density at radius 2 is 1.74 bits per heavy atom. The molecule has 2 aromatic rings. The van der Waals surface area contributed by atoms with Crippen LogP contribution < -0.4 is 5.32 Å². The molecule has 0 heterocycles. The Hall–Kier alpha value is -1.90. The fourth-order valence-corrected chi connectivity index (χ4v) is 4.84. The second-order valence-electron chi connectivity index (χ2n) is 8.71. The fourth-order valence-electron chi connectivity index (χ4n) is 4.84. The molecule has 1 unspecified atom stereocenters. The molecule has 1 spiro atoms. The highest BCUT2D eigenvalue weighted by molar-refractivity contribution is 5.67. The van der Waals surface area contributed by atoms with Crippen molar-refractivity contribution in [2.45, 2.75) is 51.2 Å². The third-order valence-electron chi connectivity index (χ3n) is 6.24. The van der Waals surface area contributed by atoms with E-state index in [1.165, 1.54) is 54.4 Å². The van der Waals surface area contributed by atoms with Crippen molar-refractivity contribution in [1.29, 1.82) is 0 Å². The van der Waals surface area contributed by atoms with Crippen molar-refractivity contribution in [1.82, 2.24) is 10.2 Å². The second-order valence-corrected chi connectivity index (χ2v) is 8.71. The number of nitrogens with one attached hydrogen (secondary N) is 1. The molecule has 0 bridgehead atoms. The summed E-state index contributed by atoms with van der Waals surface area (Å²) in [6.07, 6.45) is 11.8. The SMILES string of the molecule is CN(C)Cc1ccc(-c2ccccc2CNC2C=CC3(CCCC3)C2)cc1. The first-order chi connectivity index (χ1) is 13.1. The van der Waals surface area contributed by atoms with E-state index in [0.717, 1.165) is 13.1 Å². The first-order valence-corrected chi connectivity index (χ1v) is 10.4. The van der Waals surface area contributed by atoms with Gasteiger partial charge in [-0.1, -0.05) is 73.5 Å². The number of hydrogen-bond donors (Lipinski definition) is 1. The van der Waals surface area contributed by atoms with E-state index < -0.39 is 0 Å². The Morgan fingerprint density at radius 1 is 1.00 bits per heavy atom. The molecule has 2 aliphatic carbocycles. The van der Waals surface area contributed by atoms with Crippen molar-refractivity contribution in [3.63, 3.8) is 0 Å². The third-order valence-corrected chi connectivity index (χ3v) is 6.24. The Labute approximate surface area is 164 Å². The maximum atomic E-state index is 3.80. The van der Waals surface area contributed by atoms with Crippen LogP contribution in [0.3, 0.4) is 0 Å². The van der Waals surface area contributed by atoms with Crippen LogP contribution in [0.15, 0.2) is 60.7 Å². The molecule has 2 aliphatic rings. The topological polar surface area (TPSA) is 15.3 Å². The fraction of sp³-hybridized carbons (Fsp3) is 0.440. The van der Waals surface area contributed by atoms with Gasteiger partial charge in [0.1, 0.15) is 0 Å². The number of allylic oxidation sites excluding steroid dienone is 1. The smallest absolute Gasteiger partial charge is 0.0261 e. The zero-order valence-electron chi connectivity index (χ0n) is 16.7. The number of benzene rings is 2. The van der Waals surface area contributed by atoms with Crippen LogP contribution >= 0.6 is 0 Å². The number of rotatable bonds is 6. The molecule has 4 rings (SSSR count). The van der Waals surface area contributed by atoms with E-state index in [0.29, 0.717) is 11.5 Å². The first kappa shape index (κ1) is 18.5. The summed E-state index contributed by atoms with van der Waals surface area (Å²) in [5.74, 6) is 0. The maximum Gasteiger partial charge on any atom is 0.0261 e. The molecule has 2 aromatic carbocycles. The Morgan fingerprint density at radius 3 is 2.48 bits per heavy atom. The van der Waals surface area contributed by atoms with Gasteiger partial charge in [-0.3, -0.25) is 0 Å². The third kappa shape index (κ3) is 4.34. The van der Waals surface area contributed by atoms with Gasteiger partial charge in [-0.25, -0.2) is 0 Å². The maximum absolute atomic E-state index is 3.80. The van der Waals surface area contributed by atoms with E-state index >= 15 is 0 Å². The van der Waals surface area contributed by atoms with Crippen LogP contribution in [0.2, 0.25) is 0 Å². The van der Waals surface area contributed by atoms with Crippen LogP contribution in [-0.4, -0.2) is 25.0 Å². The van der Waals surface area contributed by atoms with Gasteiger partial charge in [0.05, 0.1) is 0 Å². The van der Waals surface area contributed by atoms with Crippen molar-refractivity contribution in [3.8, 4) is 11.1 Å². The van der Waals surface area contributed by atoms with Gasteiger partial charge in [-0.05, 0) is 61.0 Å². The molecule has 1 fully saturated rings. The monoisotopic (exact) mass is 360 g/mol. The van der Waals surface area contributed by atoms with Gasteiger partial charge < -0.3 is 10.2 Å². The predicted molar refractivity (Wildman–Crippen MR) is 115 cm³/mol.